The lowest BCUT2D eigenvalue weighted by Gasteiger charge is -2.41. The Morgan fingerprint density at radius 1 is 0.585 bits per heavy atom. The van der Waals surface area contributed by atoms with Crippen molar-refractivity contribution >= 4 is 170 Å². The van der Waals surface area contributed by atoms with Gasteiger partial charge >= 0.3 is 0 Å². The molecule has 3 fully saturated rings. The number of carbonyl (C=O) groups excluding carboxylic acids is 3. The summed E-state index contributed by atoms with van der Waals surface area (Å²) in [6.45, 7) is 12.9. The number of anilines is 6. The van der Waals surface area contributed by atoms with Gasteiger partial charge in [0, 0.05) is 181 Å². The Labute approximate surface area is 639 Å². The second kappa shape index (κ2) is 32.1. The van der Waals surface area contributed by atoms with E-state index in [2.05, 4.69) is 58.0 Å². The number of nitrogens with zero attached hydrogens (tertiary/aromatic N) is 14. The zero-order valence-electron chi connectivity index (χ0n) is 57.3. The summed E-state index contributed by atoms with van der Waals surface area (Å²) in [4.78, 5) is 59.7. The zero-order valence-corrected chi connectivity index (χ0v) is 63.8. The van der Waals surface area contributed by atoms with E-state index in [1.54, 1.807) is 88.8 Å². The third kappa shape index (κ3) is 17.2. The van der Waals surface area contributed by atoms with Gasteiger partial charge in [-0.15, -0.1) is 21.5 Å². The summed E-state index contributed by atoms with van der Waals surface area (Å²) in [6, 6.07) is 41.7. The molecule has 3 saturated heterocycles. The van der Waals surface area contributed by atoms with Crippen LogP contribution in [0.25, 0.3) is 32.7 Å². The molecule has 3 aliphatic rings. The molecule has 0 spiro atoms. The van der Waals surface area contributed by atoms with E-state index in [9.17, 15) is 44.0 Å². The van der Waals surface area contributed by atoms with Gasteiger partial charge in [0.05, 0.1) is 25.7 Å². The molecule has 3 atom stereocenters. The summed E-state index contributed by atoms with van der Waals surface area (Å²) in [7, 11) is -11.2. The van der Waals surface area contributed by atoms with Crippen molar-refractivity contribution in [1.82, 2.24) is 52.9 Å². The van der Waals surface area contributed by atoms with Crippen molar-refractivity contribution < 1.29 is 49.7 Å². The number of thiazole rings is 1. The van der Waals surface area contributed by atoms with E-state index < -0.39 is 30.1 Å². The first-order chi connectivity index (χ1) is 50.9. The van der Waals surface area contributed by atoms with Crippen LogP contribution >= 0.6 is 57.4 Å². The Balaban J connectivity index is 0.000000187. The number of piperazine rings is 3. The molecule has 15 rings (SSSR count). The standard InChI is InChI=1S/C24H25ClN6O3S2.C24H24FN5O3S2.C23H23ClN6O3S2.4H2/c1-17-15-30(20-3-5-21(6-4-20)36(33,34)28-24-26-16-27-35-24)12-13-31(17)23(32)9-11-29-10-8-18-14-19(25)2-7-22(18)29;1-17-15-28(20-4-6-21(7-5-20)35(32,33)27-24-26-9-13-34-24)11-12-30(17)23(31)16-29-10-8-18-2-3-19(25)14-22(18)29;1-16(30-10-9-19-20(24)3-2-4-21(19)30)22(31)29-13-11-28(12-14-29)17-5-7-18(8-6-17)35(32,33)27-23-26-25-15-34-23;;;;/h2-8,10,14,16-17H,9,11-13,15H2,1H3,(H,26,27,28);2-10,13-14,17H,11-12,15-16H2,1H3,(H,26,27);2-10,15-16H,11-14H2,1H3,(H,26,27);4*1H/t17-;;;;;;/m0....../s1. The van der Waals surface area contributed by atoms with E-state index in [1.807, 2.05) is 113 Å². The maximum atomic E-state index is 13.7. The van der Waals surface area contributed by atoms with E-state index in [0.717, 1.165) is 67.1 Å². The number of nitrogens with one attached hydrogen (secondary N) is 3. The van der Waals surface area contributed by atoms with E-state index in [0.29, 0.717) is 99.1 Å². The SMILES string of the molecule is CC(C(=O)N1CCN(c2ccc(S(=O)(=O)Nc3nncs3)cc2)CC1)n1ccc2c(Cl)cccc21.CC1CN(c2ccc(S(=O)(=O)Nc3nccs3)cc2)CCN1C(=O)Cn1ccc2ccc(F)cc21.C[C@H]1CN(c2ccc(S(=O)(=O)Nc3ncns3)cc2)CCN1C(=O)CCn1ccc2cc(Cl)ccc21.[HH].[HH].[HH].[HH]. The number of carbonyl (C=O) groups is 3. The van der Waals surface area contributed by atoms with Gasteiger partial charge in [-0.3, -0.25) is 28.5 Å². The molecule has 560 valence electrons. The average Bonchev–Trinajstić information content (AvgIpc) is 1.66. The molecular formula is C71H80Cl2FN17O9S6. The Hall–Kier alpha value is -9.74. The maximum absolute atomic E-state index is 13.7. The van der Waals surface area contributed by atoms with Crippen molar-refractivity contribution in [3.63, 3.8) is 0 Å². The number of amides is 3. The molecule has 9 heterocycles. The number of fused-ring (bicyclic) bond motifs is 3. The van der Waals surface area contributed by atoms with Crippen molar-refractivity contribution in [2.75, 3.05) is 94.3 Å². The first-order valence-electron chi connectivity index (χ1n) is 33.6. The van der Waals surface area contributed by atoms with Crippen LogP contribution in [0.15, 0.2) is 202 Å². The van der Waals surface area contributed by atoms with Crippen LogP contribution < -0.4 is 28.9 Å². The number of halogens is 3. The summed E-state index contributed by atoms with van der Waals surface area (Å²) in [5, 5.41) is 14.1. The Kier molecular flexibility index (Phi) is 22.6. The smallest absolute Gasteiger partial charge is 0.263 e. The molecule has 3 aliphatic heterocycles. The second-order valence-corrected chi connectivity index (χ2v) is 33.8. The summed E-state index contributed by atoms with van der Waals surface area (Å²) in [5.74, 6) is -0.160. The lowest BCUT2D eigenvalue weighted by molar-refractivity contribution is -0.135. The quantitative estimate of drug-likeness (QED) is 0.0678. The molecule has 0 radical (unpaired) electrons. The number of aryl methyl sites for hydroxylation is 1. The molecule has 2 unspecified atom stereocenters. The van der Waals surface area contributed by atoms with E-state index >= 15 is 0 Å². The molecule has 0 bridgehead atoms. The molecule has 6 aromatic carbocycles. The van der Waals surface area contributed by atoms with Gasteiger partial charge in [-0.1, -0.05) is 40.6 Å². The number of benzene rings is 6. The second-order valence-electron chi connectivity index (χ2n) is 25.4. The molecule has 3 N–H and O–H groups in total. The first kappa shape index (κ1) is 74.5. The van der Waals surface area contributed by atoms with Gasteiger partial charge in [0.1, 0.15) is 30.2 Å². The van der Waals surface area contributed by atoms with Crippen molar-refractivity contribution in [2.24, 2.45) is 0 Å². The Morgan fingerprint density at radius 2 is 1.17 bits per heavy atom. The molecule has 0 saturated carbocycles. The Bertz CT molecular complexity index is 5470. The maximum Gasteiger partial charge on any atom is 0.263 e. The highest BCUT2D eigenvalue weighted by atomic mass is 35.5. The highest BCUT2D eigenvalue weighted by Crippen LogP contribution is 2.32. The number of aromatic nitrogens is 8. The van der Waals surface area contributed by atoms with Gasteiger partial charge < -0.3 is 43.1 Å². The topological polar surface area (TPSA) is 288 Å². The van der Waals surface area contributed by atoms with Crippen LogP contribution in [0.4, 0.5) is 36.8 Å². The largest absolute Gasteiger partial charge is 0.368 e. The van der Waals surface area contributed by atoms with Crippen LogP contribution in [0.2, 0.25) is 10.0 Å². The lowest BCUT2D eigenvalue weighted by atomic mass is 10.1. The highest BCUT2D eigenvalue weighted by Gasteiger charge is 2.32. The van der Waals surface area contributed by atoms with Crippen molar-refractivity contribution in [2.45, 2.75) is 73.1 Å². The molecule has 0 aliphatic carbocycles. The van der Waals surface area contributed by atoms with Gasteiger partial charge in [-0.2, -0.15) is 4.37 Å². The predicted molar refractivity (Wildman–Crippen MR) is 423 cm³/mol. The van der Waals surface area contributed by atoms with Crippen molar-refractivity contribution in [3.05, 3.63) is 203 Å². The third-order valence-electron chi connectivity index (χ3n) is 18.7. The molecular weight excluding hydrogens is 1520 g/mol. The van der Waals surface area contributed by atoms with Crippen LogP contribution in [-0.4, -0.2) is 173 Å². The van der Waals surface area contributed by atoms with Gasteiger partial charge in [-0.25, -0.2) is 39.6 Å². The molecule has 106 heavy (non-hydrogen) atoms. The minimum Gasteiger partial charge on any atom is -0.368 e. The van der Waals surface area contributed by atoms with Crippen LogP contribution in [0.3, 0.4) is 0 Å². The van der Waals surface area contributed by atoms with E-state index in [-0.39, 0.29) is 78.9 Å². The molecule has 26 nitrogen and oxygen atoms in total. The zero-order chi connectivity index (χ0) is 74.4. The molecule has 35 heteroatoms. The fraction of sp³-hybridized carbons (Fsp3) is 0.268. The number of sulfonamides is 3. The highest BCUT2D eigenvalue weighted by molar-refractivity contribution is 7.93. The van der Waals surface area contributed by atoms with Gasteiger partial charge in [-0.05, 0) is 166 Å². The number of hydrogen-bond donors (Lipinski definition) is 3. The van der Waals surface area contributed by atoms with Crippen molar-refractivity contribution in [3.8, 4) is 0 Å². The summed E-state index contributed by atoms with van der Waals surface area (Å²) >= 11 is 15.7. The Morgan fingerprint density at radius 3 is 1.75 bits per heavy atom. The minimum atomic E-state index is -3.72. The van der Waals surface area contributed by atoms with Crippen LogP contribution in [0, 0.1) is 5.82 Å². The molecule has 6 aromatic heterocycles. The molecule has 3 amide bonds. The first-order valence-corrected chi connectivity index (χ1v) is 41.3. The molecule has 12 aromatic rings. The lowest BCUT2D eigenvalue weighted by Crippen LogP contribution is -2.54. The third-order valence-corrected chi connectivity index (χ3v) is 25.6. The van der Waals surface area contributed by atoms with Crippen molar-refractivity contribution in [1.29, 1.82) is 0 Å². The fourth-order valence-corrected chi connectivity index (χ4v) is 18.7. The number of hydrogen-bond acceptors (Lipinski definition) is 20. The van der Waals surface area contributed by atoms with Crippen LogP contribution in [0.1, 0.15) is 38.9 Å². The van der Waals surface area contributed by atoms with Gasteiger partial charge in [0.15, 0.2) is 5.13 Å². The fourth-order valence-electron chi connectivity index (χ4n) is 13.2. The predicted octanol–water partition coefficient (Wildman–Crippen LogP) is 12.7. The summed E-state index contributed by atoms with van der Waals surface area (Å²) in [5.41, 5.74) is 6.88. The summed E-state index contributed by atoms with van der Waals surface area (Å²) in [6.07, 6.45) is 8.97. The average molecular weight is 1600 g/mol. The van der Waals surface area contributed by atoms with Gasteiger partial charge in [0.25, 0.3) is 30.1 Å². The van der Waals surface area contributed by atoms with Crippen LogP contribution in [-0.2, 0) is 57.5 Å². The normalized spacial score (nSPS) is 16.1. The van der Waals surface area contributed by atoms with E-state index in [1.165, 1.54) is 41.5 Å². The van der Waals surface area contributed by atoms with E-state index in [4.69, 9.17) is 23.2 Å². The summed E-state index contributed by atoms with van der Waals surface area (Å²) < 4.78 is 106. The monoisotopic (exact) mass is 1600 g/mol. The van der Waals surface area contributed by atoms with Gasteiger partial charge in [0.2, 0.25) is 28.0 Å². The number of rotatable bonds is 19. The van der Waals surface area contributed by atoms with Crippen LogP contribution in [0.5, 0.6) is 0 Å². The minimum absolute atomic E-state index is 0.